The Kier molecular flexibility index (Phi) is 7.34. The molecule has 26 heavy (non-hydrogen) atoms. The van der Waals surface area contributed by atoms with Gasteiger partial charge >= 0.3 is 5.97 Å². The van der Waals surface area contributed by atoms with Crippen molar-refractivity contribution in [2.75, 3.05) is 20.3 Å². The summed E-state index contributed by atoms with van der Waals surface area (Å²) in [7, 11) is 0.0697. The fraction of sp³-hybridized carbons (Fsp3) is 0.632. The fourth-order valence-electron chi connectivity index (χ4n) is 2.78. The highest BCUT2D eigenvalue weighted by atomic mass is 32.2. The summed E-state index contributed by atoms with van der Waals surface area (Å²) in [4.78, 5) is 11.8. The minimum atomic E-state index is -1.29. The zero-order valence-electron chi connectivity index (χ0n) is 15.9. The first-order valence-corrected chi connectivity index (χ1v) is 10.00. The molecule has 0 bridgehead atoms. The molecule has 0 amide bonds. The Morgan fingerprint density at radius 1 is 1.27 bits per heavy atom. The van der Waals surface area contributed by atoms with Crippen LogP contribution >= 0.6 is 0 Å². The summed E-state index contributed by atoms with van der Waals surface area (Å²) in [6, 6.07) is 9.49. The van der Waals surface area contributed by atoms with Crippen molar-refractivity contribution in [2.45, 2.75) is 56.6 Å². The second-order valence-electron chi connectivity index (χ2n) is 7.33. The molecule has 1 aromatic carbocycles. The molecule has 1 heterocycles. The Morgan fingerprint density at radius 2 is 1.88 bits per heavy atom. The molecular formula is C19H29NO5S. The summed E-state index contributed by atoms with van der Waals surface area (Å²) in [6.45, 7) is 6.72. The molecule has 1 aromatic rings. The molecule has 0 spiro atoms. The van der Waals surface area contributed by atoms with Gasteiger partial charge < -0.3 is 14.2 Å². The van der Waals surface area contributed by atoms with E-state index in [1.54, 1.807) is 0 Å². The Morgan fingerprint density at radius 3 is 2.42 bits per heavy atom. The maximum Gasteiger partial charge on any atom is 0.307 e. The number of nitrogens with one attached hydrogen (secondary N) is 1. The van der Waals surface area contributed by atoms with Gasteiger partial charge in [-0.05, 0) is 27.2 Å². The van der Waals surface area contributed by atoms with Crippen molar-refractivity contribution < 1.29 is 23.2 Å². The first kappa shape index (κ1) is 21.0. The van der Waals surface area contributed by atoms with Crippen molar-refractivity contribution >= 4 is 17.0 Å². The third-order valence-corrected chi connectivity index (χ3v) is 5.92. The lowest BCUT2D eigenvalue weighted by atomic mass is 9.97. The number of carbonyl (C=O) groups excluding carboxylic acids is 1. The summed E-state index contributed by atoms with van der Waals surface area (Å²) in [5.74, 6) is -1.16. The Labute approximate surface area is 158 Å². The molecule has 6 nitrogen and oxygen atoms in total. The summed E-state index contributed by atoms with van der Waals surface area (Å²) >= 11 is 0. The van der Waals surface area contributed by atoms with Crippen LogP contribution in [-0.4, -0.2) is 41.3 Å². The van der Waals surface area contributed by atoms with Crippen LogP contribution in [0, 0.1) is 0 Å². The van der Waals surface area contributed by atoms with Crippen molar-refractivity contribution in [3.63, 3.8) is 0 Å². The average molecular weight is 384 g/mol. The third kappa shape index (κ3) is 5.61. The van der Waals surface area contributed by atoms with Gasteiger partial charge in [0, 0.05) is 18.0 Å². The van der Waals surface area contributed by atoms with E-state index in [-0.39, 0.29) is 18.4 Å². The van der Waals surface area contributed by atoms with Crippen LogP contribution in [-0.2, 0) is 35.8 Å². The van der Waals surface area contributed by atoms with Crippen LogP contribution in [0.2, 0.25) is 0 Å². The number of hydrogen-bond acceptors (Lipinski definition) is 5. The highest BCUT2D eigenvalue weighted by molar-refractivity contribution is 7.84. The molecule has 0 saturated carbocycles. The lowest BCUT2D eigenvalue weighted by molar-refractivity contribution is -0.172. The van der Waals surface area contributed by atoms with Gasteiger partial charge in [0.05, 0.1) is 42.5 Å². The van der Waals surface area contributed by atoms with E-state index in [2.05, 4.69) is 4.72 Å². The van der Waals surface area contributed by atoms with Crippen LogP contribution in [0.25, 0.3) is 0 Å². The number of benzene rings is 1. The lowest BCUT2D eigenvalue weighted by Gasteiger charge is -2.30. The predicted octanol–water partition coefficient (Wildman–Crippen LogP) is 2.65. The van der Waals surface area contributed by atoms with Gasteiger partial charge in [-0.2, -0.15) is 0 Å². The molecule has 1 aliphatic heterocycles. The van der Waals surface area contributed by atoms with Crippen LogP contribution in [0.5, 0.6) is 0 Å². The smallest absolute Gasteiger partial charge is 0.307 e. The number of methoxy groups -OCH3 is 1. The Hall–Kier alpha value is -1.28. The third-order valence-electron chi connectivity index (χ3n) is 4.26. The van der Waals surface area contributed by atoms with E-state index in [1.165, 1.54) is 7.11 Å². The number of esters is 1. The molecule has 1 aliphatic rings. The molecule has 2 rings (SSSR count). The molecule has 2 atom stereocenters. The second kappa shape index (κ2) is 9.08. The molecule has 0 radical (unpaired) electrons. The summed E-state index contributed by atoms with van der Waals surface area (Å²) in [5, 5.41) is 0. The monoisotopic (exact) mass is 383 g/mol. The second-order valence-corrected chi connectivity index (χ2v) is 9.33. The largest absolute Gasteiger partial charge is 0.469 e. The van der Waals surface area contributed by atoms with Crippen molar-refractivity contribution in [1.29, 1.82) is 0 Å². The van der Waals surface area contributed by atoms with Crippen molar-refractivity contribution in [3.8, 4) is 0 Å². The van der Waals surface area contributed by atoms with Crippen LogP contribution in [0.4, 0.5) is 0 Å². The van der Waals surface area contributed by atoms with E-state index < -0.39 is 21.5 Å². The van der Waals surface area contributed by atoms with Gasteiger partial charge in [-0.25, -0.2) is 8.93 Å². The van der Waals surface area contributed by atoms with Gasteiger partial charge in [0.25, 0.3) is 0 Å². The Balaban J connectivity index is 2.10. The van der Waals surface area contributed by atoms with Crippen LogP contribution in [0.3, 0.4) is 0 Å². The van der Waals surface area contributed by atoms with E-state index in [0.29, 0.717) is 26.1 Å². The van der Waals surface area contributed by atoms with Crippen molar-refractivity contribution in [3.05, 3.63) is 35.9 Å². The zero-order chi connectivity index (χ0) is 19.2. The minimum absolute atomic E-state index is 0.142. The maximum absolute atomic E-state index is 12.5. The number of carbonyl (C=O) groups is 1. The van der Waals surface area contributed by atoms with E-state index in [0.717, 1.165) is 5.56 Å². The van der Waals surface area contributed by atoms with E-state index in [1.807, 2.05) is 51.1 Å². The molecule has 0 aliphatic carbocycles. The standard InChI is InChI=1S/C19H29NO5S/c1-18(2,3)26(22)20-16(14-17(21)23-4)10-11-19(24-12-13-25-19)15-8-6-5-7-9-15/h5-9,16,20H,10-14H2,1-4H3/t16-,26-/m0/s1. The van der Waals surface area contributed by atoms with Gasteiger partial charge in [0.1, 0.15) is 0 Å². The first-order chi connectivity index (χ1) is 12.3. The highest BCUT2D eigenvalue weighted by Crippen LogP contribution is 2.36. The van der Waals surface area contributed by atoms with Gasteiger partial charge in [-0.3, -0.25) is 4.79 Å². The van der Waals surface area contributed by atoms with E-state index >= 15 is 0 Å². The molecule has 146 valence electrons. The van der Waals surface area contributed by atoms with Gasteiger partial charge in [-0.1, -0.05) is 30.3 Å². The lowest BCUT2D eigenvalue weighted by Crippen LogP contribution is -2.42. The van der Waals surface area contributed by atoms with Gasteiger partial charge in [0.15, 0.2) is 5.79 Å². The fourth-order valence-corrected chi connectivity index (χ4v) is 3.64. The quantitative estimate of drug-likeness (QED) is 0.699. The molecule has 0 aromatic heterocycles. The predicted molar refractivity (Wildman–Crippen MR) is 101 cm³/mol. The van der Waals surface area contributed by atoms with Crippen LogP contribution < -0.4 is 4.72 Å². The van der Waals surface area contributed by atoms with Crippen molar-refractivity contribution in [2.24, 2.45) is 0 Å². The average Bonchev–Trinajstić information content (AvgIpc) is 3.09. The van der Waals surface area contributed by atoms with E-state index in [4.69, 9.17) is 14.2 Å². The van der Waals surface area contributed by atoms with E-state index in [9.17, 15) is 9.00 Å². The molecule has 0 unspecified atom stereocenters. The normalized spacial score (nSPS) is 19.1. The maximum atomic E-state index is 12.5. The SMILES string of the molecule is COC(=O)C[C@H](CCC1(c2ccccc2)OCCO1)N[S@@](=O)C(C)(C)C. The molecule has 1 saturated heterocycles. The Bertz CT molecular complexity index is 608. The summed E-state index contributed by atoms with van der Waals surface area (Å²) in [5.41, 5.74) is 0.950. The molecule has 7 heteroatoms. The van der Waals surface area contributed by atoms with Crippen LogP contribution in [0.1, 0.15) is 45.6 Å². The number of hydrogen-bond donors (Lipinski definition) is 1. The summed E-state index contributed by atoms with van der Waals surface area (Å²) < 4.78 is 31.8. The topological polar surface area (TPSA) is 73.9 Å². The van der Waals surface area contributed by atoms with Gasteiger partial charge in [0.2, 0.25) is 0 Å². The van der Waals surface area contributed by atoms with Gasteiger partial charge in [-0.15, -0.1) is 0 Å². The molecule has 1 fully saturated rings. The van der Waals surface area contributed by atoms with Crippen molar-refractivity contribution in [1.82, 2.24) is 4.72 Å². The molecule has 1 N–H and O–H groups in total. The number of ether oxygens (including phenoxy) is 3. The summed E-state index contributed by atoms with van der Waals surface area (Å²) in [6.07, 6.45) is 1.25. The number of rotatable bonds is 8. The minimum Gasteiger partial charge on any atom is -0.469 e. The van der Waals surface area contributed by atoms with Crippen LogP contribution in [0.15, 0.2) is 30.3 Å². The molecular weight excluding hydrogens is 354 g/mol. The zero-order valence-corrected chi connectivity index (χ0v) is 16.8. The first-order valence-electron chi connectivity index (χ1n) is 8.85. The highest BCUT2D eigenvalue weighted by Gasteiger charge is 2.39.